The van der Waals surface area contributed by atoms with Gasteiger partial charge in [-0.05, 0) is 50.3 Å². The first-order chi connectivity index (χ1) is 14.0. The van der Waals surface area contributed by atoms with E-state index in [1.54, 1.807) is 19.0 Å². The van der Waals surface area contributed by atoms with Gasteiger partial charge in [0.25, 0.3) is 0 Å². The molecule has 6 heteroatoms. The summed E-state index contributed by atoms with van der Waals surface area (Å²) in [6.07, 6.45) is 4.79. The highest BCUT2D eigenvalue weighted by molar-refractivity contribution is 5.77. The zero-order chi connectivity index (χ0) is 20.6. The molecule has 2 amide bonds. The van der Waals surface area contributed by atoms with Gasteiger partial charge >= 0.3 is 0 Å². The highest BCUT2D eigenvalue weighted by Crippen LogP contribution is 2.22. The number of likely N-dealkylation sites (tertiary alicyclic amines) is 2. The van der Waals surface area contributed by atoms with Gasteiger partial charge in [0.1, 0.15) is 0 Å². The number of hydrogen-bond donors (Lipinski definition) is 1. The molecule has 2 aliphatic rings. The molecule has 0 aliphatic carbocycles. The fourth-order valence-electron chi connectivity index (χ4n) is 4.34. The minimum atomic E-state index is 0.167. The zero-order valence-electron chi connectivity index (χ0n) is 18.0. The smallest absolute Gasteiger partial charge is 0.236 e. The molecule has 0 bridgehead atoms. The molecule has 1 aromatic carbocycles. The molecule has 0 unspecified atom stereocenters. The van der Waals surface area contributed by atoms with E-state index >= 15 is 0 Å². The van der Waals surface area contributed by atoms with Gasteiger partial charge in [0.05, 0.1) is 6.54 Å². The van der Waals surface area contributed by atoms with Gasteiger partial charge in [-0.25, -0.2) is 0 Å². The topological polar surface area (TPSA) is 55.9 Å². The van der Waals surface area contributed by atoms with E-state index < -0.39 is 0 Å². The van der Waals surface area contributed by atoms with Crippen molar-refractivity contribution in [3.05, 3.63) is 35.9 Å². The average Bonchev–Trinajstić information content (AvgIpc) is 3.14. The van der Waals surface area contributed by atoms with Gasteiger partial charge in [0.2, 0.25) is 11.8 Å². The van der Waals surface area contributed by atoms with Gasteiger partial charge in [-0.15, -0.1) is 0 Å². The lowest BCUT2D eigenvalue weighted by atomic mass is 9.92. The number of amides is 2. The van der Waals surface area contributed by atoms with E-state index in [4.69, 9.17) is 0 Å². The Labute approximate surface area is 175 Å². The van der Waals surface area contributed by atoms with Crippen molar-refractivity contribution in [2.24, 2.45) is 5.92 Å². The summed E-state index contributed by atoms with van der Waals surface area (Å²) in [6, 6.07) is 10.8. The van der Waals surface area contributed by atoms with Crippen LogP contribution in [0.15, 0.2) is 30.3 Å². The van der Waals surface area contributed by atoms with E-state index in [0.29, 0.717) is 18.9 Å². The Hall–Kier alpha value is -1.92. The Morgan fingerprint density at radius 1 is 1.03 bits per heavy atom. The first kappa shape index (κ1) is 21.8. The van der Waals surface area contributed by atoms with E-state index in [1.807, 2.05) is 6.07 Å². The van der Waals surface area contributed by atoms with Crippen LogP contribution in [0.25, 0.3) is 0 Å². The highest BCUT2D eigenvalue weighted by atomic mass is 16.2. The van der Waals surface area contributed by atoms with E-state index in [9.17, 15) is 9.59 Å². The summed E-state index contributed by atoms with van der Waals surface area (Å²) in [5.74, 6) is 0.965. The number of rotatable bonds is 8. The fraction of sp³-hybridized carbons (Fsp3) is 0.652. The molecule has 2 heterocycles. The molecule has 3 rings (SSSR count). The van der Waals surface area contributed by atoms with Crippen LogP contribution in [0.3, 0.4) is 0 Å². The van der Waals surface area contributed by atoms with Gasteiger partial charge < -0.3 is 10.2 Å². The molecule has 0 radical (unpaired) electrons. The second-order valence-electron chi connectivity index (χ2n) is 8.82. The standard InChI is InChI=1S/C23H36N4O2/c1-25(2)23(29)18-26-13-10-19(11-14-26)8-9-22(28)24-21-12-15-27(17-21)16-20-6-4-3-5-7-20/h3-7,19,21H,8-18H2,1-2H3,(H,24,28)/t21-/m0/s1. The molecular weight excluding hydrogens is 364 g/mol. The maximum atomic E-state index is 12.4. The summed E-state index contributed by atoms with van der Waals surface area (Å²) in [4.78, 5) is 30.5. The molecule has 2 aliphatic heterocycles. The molecule has 1 aromatic rings. The SMILES string of the molecule is CN(C)C(=O)CN1CCC(CCC(=O)N[C@H]2CCN(Cc3ccccc3)C2)CC1. The summed E-state index contributed by atoms with van der Waals surface area (Å²) < 4.78 is 0. The third kappa shape index (κ3) is 7.12. The predicted octanol–water partition coefficient (Wildman–Crippen LogP) is 1.96. The normalized spacial score (nSPS) is 21.2. The number of piperidine rings is 1. The van der Waals surface area contributed by atoms with Crippen LogP contribution in [0.4, 0.5) is 0 Å². The Kier molecular flexibility index (Phi) is 8.07. The Morgan fingerprint density at radius 3 is 2.41 bits per heavy atom. The monoisotopic (exact) mass is 400 g/mol. The molecular formula is C23H36N4O2. The lowest BCUT2D eigenvalue weighted by molar-refractivity contribution is -0.130. The number of carbonyl (C=O) groups is 2. The molecule has 0 spiro atoms. The van der Waals surface area contributed by atoms with E-state index in [1.165, 1.54) is 5.56 Å². The van der Waals surface area contributed by atoms with Crippen LogP contribution in [0.1, 0.15) is 37.7 Å². The zero-order valence-corrected chi connectivity index (χ0v) is 18.0. The van der Waals surface area contributed by atoms with Gasteiger partial charge in [0.15, 0.2) is 0 Å². The van der Waals surface area contributed by atoms with Gasteiger partial charge in [-0.2, -0.15) is 0 Å². The highest BCUT2D eigenvalue weighted by Gasteiger charge is 2.25. The number of carbonyl (C=O) groups excluding carboxylic acids is 2. The maximum Gasteiger partial charge on any atom is 0.236 e. The first-order valence-corrected chi connectivity index (χ1v) is 11.0. The van der Waals surface area contributed by atoms with E-state index in [2.05, 4.69) is 39.4 Å². The van der Waals surface area contributed by atoms with Crippen molar-refractivity contribution in [3.63, 3.8) is 0 Å². The average molecular weight is 401 g/mol. The number of hydrogen-bond acceptors (Lipinski definition) is 4. The summed E-state index contributed by atoms with van der Waals surface area (Å²) in [5.41, 5.74) is 1.33. The van der Waals surface area contributed by atoms with Crippen molar-refractivity contribution < 1.29 is 9.59 Å². The van der Waals surface area contributed by atoms with Crippen molar-refractivity contribution in [3.8, 4) is 0 Å². The molecule has 2 fully saturated rings. The van der Waals surface area contributed by atoms with Crippen molar-refractivity contribution in [2.75, 3.05) is 46.8 Å². The molecule has 0 aromatic heterocycles. The summed E-state index contributed by atoms with van der Waals surface area (Å²) in [5, 5.41) is 3.24. The molecule has 29 heavy (non-hydrogen) atoms. The third-order valence-electron chi connectivity index (χ3n) is 6.23. The van der Waals surface area contributed by atoms with Crippen LogP contribution in [0.2, 0.25) is 0 Å². The van der Waals surface area contributed by atoms with E-state index in [0.717, 1.165) is 58.4 Å². The lowest BCUT2D eigenvalue weighted by Gasteiger charge is -2.32. The van der Waals surface area contributed by atoms with Gasteiger partial charge in [0, 0.05) is 46.2 Å². The number of nitrogens with one attached hydrogen (secondary N) is 1. The van der Waals surface area contributed by atoms with Crippen LogP contribution < -0.4 is 5.32 Å². The molecule has 2 saturated heterocycles. The second-order valence-corrected chi connectivity index (χ2v) is 8.82. The van der Waals surface area contributed by atoms with Crippen molar-refractivity contribution in [1.82, 2.24) is 20.0 Å². The number of likely N-dealkylation sites (N-methyl/N-ethyl adjacent to an activating group) is 1. The Bertz CT molecular complexity index is 656. The van der Waals surface area contributed by atoms with Crippen LogP contribution in [0.5, 0.6) is 0 Å². The maximum absolute atomic E-state index is 12.4. The second kappa shape index (κ2) is 10.7. The summed E-state index contributed by atoms with van der Waals surface area (Å²) >= 11 is 0. The Morgan fingerprint density at radius 2 is 1.72 bits per heavy atom. The third-order valence-corrected chi connectivity index (χ3v) is 6.23. The van der Waals surface area contributed by atoms with Gasteiger partial charge in [-0.3, -0.25) is 19.4 Å². The largest absolute Gasteiger partial charge is 0.352 e. The molecule has 6 nitrogen and oxygen atoms in total. The van der Waals surface area contributed by atoms with Crippen LogP contribution in [0, 0.1) is 5.92 Å². The van der Waals surface area contributed by atoms with E-state index in [-0.39, 0.29) is 17.9 Å². The summed E-state index contributed by atoms with van der Waals surface area (Å²) in [6.45, 7) is 5.39. The number of benzene rings is 1. The molecule has 160 valence electrons. The van der Waals surface area contributed by atoms with Crippen molar-refractivity contribution >= 4 is 11.8 Å². The minimum absolute atomic E-state index is 0.167. The first-order valence-electron chi connectivity index (χ1n) is 11.0. The molecule has 1 atom stereocenters. The van der Waals surface area contributed by atoms with Crippen LogP contribution in [-0.2, 0) is 16.1 Å². The Balaban J connectivity index is 1.29. The molecule has 1 N–H and O–H groups in total. The minimum Gasteiger partial charge on any atom is -0.352 e. The number of nitrogens with zero attached hydrogens (tertiary/aromatic N) is 3. The van der Waals surface area contributed by atoms with Gasteiger partial charge in [-0.1, -0.05) is 30.3 Å². The lowest BCUT2D eigenvalue weighted by Crippen LogP contribution is -2.41. The molecule has 0 saturated carbocycles. The van der Waals surface area contributed by atoms with Crippen molar-refractivity contribution in [2.45, 2.75) is 44.7 Å². The predicted molar refractivity (Wildman–Crippen MR) is 115 cm³/mol. The summed E-state index contributed by atoms with van der Waals surface area (Å²) in [7, 11) is 3.61. The van der Waals surface area contributed by atoms with Crippen LogP contribution >= 0.6 is 0 Å². The fourth-order valence-corrected chi connectivity index (χ4v) is 4.34. The quantitative estimate of drug-likeness (QED) is 0.725. The van der Waals surface area contributed by atoms with Crippen LogP contribution in [-0.4, -0.2) is 79.4 Å². The van der Waals surface area contributed by atoms with Crippen molar-refractivity contribution in [1.29, 1.82) is 0 Å².